The molecule has 0 saturated carbocycles. The number of aliphatic carboxylic acids is 1. The standard InChI is InChI=1S/C14H14I3NO3/c1-14(13(20)21)3-2-4-18(7-14)12(19)9-5-8(15)6-10(16)11(9)17/h5-6H,2-4,7H2,1H3,(H,20,21). The molecule has 1 heterocycles. The fraction of sp³-hybridized carbons (Fsp3) is 0.429. The van der Waals surface area contributed by atoms with Crippen molar-refractivity contribution < 1.29 is 14.7 Å². The van der Waals surface area contributed by atoms with Gasteiger partial charge in [-0.05, 0) is 99.7 Å². The predicted octanol–water partition coefficient (Wildman–Crippen LogP) is 3.83. The number of carbonyl (C=O) groups excluding carboxylic acids is 1. The summed E-state index contributed by atoms with van der Waals surface area (Å²) in [6.45, 7) is 2.62. The molecule has 0 radical (unpaired) electrons. The molecule has 0 bridgehead atoms. The van der Waals surface area contributed by atoms with E-state index in [1.165, 1.54) is 0 Å². The molecular weight excluding hydrogens is 611 g/mol. The summed E-state index contributed by atoms with van der Waals surface area (Å²) in [4.78, 5) is 25.9. The SMILES string of the molecule is CC1(C(=O)O)CCCN(C(=O)c2cc(I)cc(I)c2I)C1. The summed E-state index contributed by atoms with van der Waals surface area (Å²) in [5.74, 6) is -0.894. The van der Waals surface area contributed by atoms with Gasteiger partial charge in [-0.1, -0.05) is 0 Å². The van der Waals surface area contributed by atoms with Crippen molar-refractivity contribution in [2.24, 2.45) is 5.41 Å². The number of carboxylic acid groups (broad SMARTS) is 1. The van der Waals surface area contributed by atoms with Crippen molar-refractivity contribution in [1.82, 2.24) is 4.90 Å². The molecule has 1 aliphatic rings. The lowest BCUT2D eigenvalue weighted by molar-refractivity contribution is -0.150. The molecule has 1 fully saturated rings. The lowest BCUT2D eigenvalue weighted by Gasteiger charge is -2.37. The third-order valence-electron chi connectivity index (χ3n) is 3.72. The van der Waals surface area contributed by atoms with Gasteiger partial charge in [0.2, 0.25) is 0 Å². The summed E-state index contributed by atoms with van der Waals surface area (Å²) < 4.78 is 2.99. The fourth-order valence-electron chi connectivity index (χ4n) is 2.47. The van der Waals surface area contributed by atoms with Crippen molar-refractivity contribution in [2.45, 2.75) is 19.8 Å². The van der Waals surface area contributed by atoms with E-state index in [1.54, 1.807) is 11.8 Å². The number of benzene rings is 1. The van der Waals surface area contributed by atoms with Crippen LogP contribution in [0, 0.1) is 16.1 Å². The zero-order valence-corrected chi connectivity index (χ0v) is 17.8. The Balaban J connectivity index is 2.30. The summed E-state index contributed by atoms with van der Waals surface area (Å²) in [5, 5.41) is 9.37. The minimum atomic E-state index is -0.839. The van der Waals surface area contributed by atoms with Crippen molar-refractivity contribution in [3.8, 4) is 0 Å². The average molecular weight is 625 g/mol. The Bertz CT molecular complexity index is 605. The number of amides is 1. The normalized spacial score (nSPS) is 22.2. The number of hydrogen-bond donors (Lipinski definition) is 1. The molecule has 7 heteroatoms. The number of nitrogens with zero attached hydrogens (tertiary/aromatic N) is 1. The van der Waals surface area contributed by atoms with Crippen molar-refractivity contribution in [3.05, 3.63) is 28.4 Å². The van der Waals surface area contributed by atoms with Gasteiger partial charge in [-0.3, -0.25) is 9.59 Å². The van der Waals surface area contributed by atoms with Gasteiger partial charge in [0.1, 0.15) is 0 Å². The van der Waals surface area contributed by atoms with Crippen molar-refractivity contribution in [1.29, 1.82) is 0 Å². The first kappa shape index (κ1) is 17.7. The van der Waals surface area contributed by atoms with Crippen LogP contribution in [0.5, 0.6) is 0 Å². The second-order valence-corrected chi connectivity index (χ2v) is 8.93. The highest BCUT2D eigenvalue weighted by Gasteiger charge is 2.39. The van der Waals surface area contributed by atoms with Gasteiger partial charge in [-0.15, -0.1) is 0 Å². The highest BCUT2D eigenvalue weighted by molar-refractivity contribution is 14.1. The summed E-state index contributed by atoms with van der Waals surface area (Å²) in [7, 11) is 0. The smallest absolute Gasteiger partial charge is 0.311 e. The first-order valence-corrected chi connectivity index (χ1v) is 9.65. The lowest BCUT2D eigenvalue weighted by atomic mass is 9.82. The lowest BCUT2D eigenvalue weighted by Crippen LogP contribution is -2.48. The summed E-state index contributed by atoms with van der Waals surface area (Å²) >= 11 is 6.60. The number of likely N-dealkylation sites (tertiary alicyclic amines) is 1. The van der Waals surface area contributed by atoms with Crippen LogP contribution in [-0.2, 0) is 4.79 Å². The van der Waals surface area contributed by atoms with Crippen LogP contribution in [0.4, 0.5) is 0 Å². The summed E-state index contributed by atoms with van der Waals surface area (Å²) in [5.41, 5.74) is -0.171. The molecule has 1 unspecified atom stereocenters. The van der Waals surface area contributed by atoms with Crippen LogP contribution in [-0.4, -0.2) is 35.0 Å². The molecule has 1 aromatic carbocycles. The number of halogens is 3. The number of carboxylic acids is 1. The van der Waals surface area contributed by atoms with E-state index >= 15 is 0 Å². The van der Waals surface area contributed by atoms with Crippen LogP contribution in [0.15, 0.2) is 12.1 Å². The maximum atomic E-state index is 12.8. The van der Waals surface area contributed by atoms with Gasteiger partial charge in [0.05, 0.1) is 11.0 Å². The highest BCUT2D eigenvalue weighted by atomic mass is 127. The molecular formula is C14H14I3NO3. The monoisotopic (exact) mass is 625 g/mol. The zero-order valence-electron chi connectivity index (χ0n) is 11.3. The molecule has 1 aliphatic heterocycles. The van der Waals surface area contributed by atoms with Crippen LogP contribution in [0.1, 0.15) is 30.1 Å². The van der Waals surface area contributed by atoms with E-state index in [9.17, 15) is 14.7 Å². The molecule has 0 aromatic heterocycles. The highest BCUT2D eigenvalue weighted by Crippen LogP contribution is 2.31. The van der Waals surface area contributed by atoms with Gasteiger partial charge < -0.3 is 10.0 Å². The summed E-state index contributed by atoms with van der Waals surface area (Å²) in [6, 6.07) is 3.90. The third kappa shape index (κ3) is 3.82. The van der Waals surface area contributed by atoms with Crippen LogP contribution in [0.2, 0.25) is 0 Å². The Morgan fingerprint density at radius 1 is 1.29 bits per heavy atom. The molecule has 21 heavy (non-hydrogen) atoms. The molecule has 1 N–H and O–H groups in total. The molecule has 1 aromatic rings. The Labute approximate surface area is 164 Å². The quantitative estimate of drug-likeness (QED) is 0.402. The van der Waals surface area contributed by atoms with Gasteiger partial charge in [-0.25, -0.2) is 0 Å². The zero-order chi connectivity index (χ0) is 15.8. The maximum absolute atomic E-state index is 12.8. The van der Waals surface area contributed by atoms with E-state index in [0.29, 0.717) is 18.5 Å². The summed E-state index contributed by atoms with van der Waals surface area (Å²) in [6.07, 6.45) is 1.35. The average Bonchev–Trinajstić information content (AvgIpc) is 2.42. The molecule has 1 amide bonds. The first-order chi connectivity index (χ1) is 9.74. The van der Waals surface area contributed by atoms with Crippen LogP contribution < -0.4 is 0 Å². The Hall–Kier alpha value is 0.350. The number of hydrogen-bond acceptors (Lipinski definition) is 2. The topological polar surface area (TPSA) is 57.6 Å². The second-order valence-electron chi connectivity index (χ2n) is 5.45. The molecule has 1 saturated heterocycles. The number of rotatable bonds is 2. The first-order valence-electron chi connectivity index (χ1n) is 6.42. The minimum absolute atomic E-state index is 0.0667. The molecule has 0 spiro atoms. The van der Waals surface area contributed by atoms with Crippen molar-refractivity contribution in [2.75, 3.05) is 13.1 Å². The largest absolute Gasteiger partial charge is 0.481 e. The van der Waals surface area contributed by atoms with Gasteiger partial charge in [0, 0.05) is 23.8 Å². The van der Waals surface area contributed by atoms with E-state index in [4.69, 9.17) is 0 Å². The van der Waals surface area contributed by atoms with E-state index in [-0.39, 0.29) is 12.5 Å². The van der Waals surface area contributed by atoms with E-state index in [2.05, 4.69) is 67.8 Å². The van der Waals surface area contributed by atoms with E-state index < -0.39 is 11.4 Å². The molecule has 2 rings (SSSR count). The Kier molecular flexibility index (Phi) is 5.77. The van der Waals surface area contributed by atoms with E-state index in [1.807, 2.05) is 12.1 Å². The second kappa shape index (κ2) is 6.85. The third-order valence-corrected chi connectivity index (χ3v) is 7.39. The maximum Gasteiger partial charge on any atom is 0.311 e. The van der Waals surface area contributed by atoms with Crippen molar-refractivity contribution >= 4 is 79.6 Å². The number of piperidine rings is 1. The molecule has 4 nitrogen and oxygen atoms in total. The Morgan fingerprint density at radius 2 is 1.95 bits per heavy atom. The molecule has 1 atom stereocenters. The van der Waals surface area contributed by atoms with E-state index in [0.717, 1.165) is 17.1 Å². The molecule has 114 valence electrons. The number of carbonyl (C=O) groups is 2. The Morgan fingerprint density at radius 3 is 2.57 bits per heavy atom. The van der Waals surface area contributed by atoms with Crippen LogP contribution >= 0.6 is 67.8 Å². The predicted molar refractivity (Wildman–Crippen MR) is 105 cm³/mol. The van der Waals surface area contributed by atoms with Crippen LogP contribution in [0.25, 0.3) is 0 Å². The minimum Gasteiger partial charge on any atom is -0.481 e. The van der Waals surface area contributed by atoms with Gasteiger partial charge in [-0.2, -0.15) is 0 Å². The van der Waals surface area contributed by atoms with Crippen LogP contribution in [0.3, 0.4) is 0 Å². The van der Waals surface area contributed by atoms with Gasteiger partial charge >= 0.3 is 5.97 Å². The van der Waals surface area contributed by atoms with Gasteiger partial charge in [0.15, 0.2) is 0 Å². The van der Waals surface area contributed by atoms with Gasteiger partial charge in [0.25, 0.3) is 5.91 Å². The van der Waals surface area contributed by atoms with Crippen molar-refractivity contribution in [3.63, 3.8) is 0 Å². The fourth-order valence-corrected chi connectivity index (χ4v) is 4.86. The molecule has 0 aliphatic carbocycles.